The van der Waals surface area contributed by atoms with Crippen molar-refractivity contribution in [3.8, 4) is 5.75 Å². The molecule has 1 aliphatic carbocycles. The molecule has 4 rings (SSSR count). The minimum atomic E-state index is -0.403. The first-order chi connectivity index (χ1) is 14.8. The van der Waals surface area contributed by atoms with Crippen LogP contribution in [-0.4, -0.2) is 34.5 Å². The highest BCUT2D eigenvalue weighted by atomic mass is 79.9. The second-order valence-electron chi connectivity index (χ2n) is 7.58. The molecule has 0 spiro atoms. The quantitative estimate of drug-likeness (QED) is 0.414. The molecule has 1 saturated heterocycles. The summed E-state index contributed by atoms with van der Waals surface area (Å²) in [5, 5.41) is 3.23. The van der Waals surface area contributed by atoms with Crippen molar-refractivity contribution in [3.05, 3.63) is 53.1 Å². The van der Waals surface area contributed by atoms with Gasteiger partial charge in [-0.25, -0.2) is 0 Å². The zero-order valence-electron chi connectivity index (χ0n) is 16.5. The van der Waals surface area contributed by atoms with Crippen LogP contribution in [-0.2, 0) is 9.59 Å². The summed E-state index contributed by atoms with van der Waals surface area (Å²) in [6.07, 6.45) is 1.19. The number of carbonyl (C=O) groups is 3. The molecule has 4 atom stereocenters. The van der Waals surface area contributed by atoms with Crippen molar-refractivity contribution >= 4 is 72.6 Å². The summed E-state index contributed by atoms with van der Waals surface area (Å²) < 4.78 is 5.26. The van der Waals surface area contributed by atoms with E-state index in [0.717, 1.165) is 0 Å². The number of fused-ring (bicyclic) bond motifs is 1. The van der Waals surface area contributed by atoms with Gasteiger partial charge in [0.05, 0.1) is 30.3 Å². The topological polar surface area (TPSA) is 75.7 Å². The van der Waals surface area contributed by atoms with Crippen LogP contribution in [0.2, 0.25) is 5.02 Å². The standard InChI is InChI=1S/C22H19Br2ClN2O4/c1-31-19-6-5-12(25)8-18(19)26-20(28)11-3-2-4-13(7-11)27-21(29)14-9-16(23)17(24)10-15(14)22(27)30/h2-8,14-17H,9-10H2,1H3,(H,26,28)/t14-,15-,16-,17+/m1/s1. The summed E-state index contributed by atoms with van der Waals surface area (Å²) in [5.74, 6) is -1.06. The van der Waals surface area contributed by atoms with E-state index in [2.05, 4.69) is 37.2 Å². The molecule has 1 saturated carbocycles. The molecule has 162 valence electrons. The third-order valence-electron chi connectivity index (χ3n) is 5.69. The van der Waals surface area contributed by atoms with Gasteiger partial charge in [-0.3, -0.25) is 19.3 Å². The molecule has 6 nitrogen and oxygen atoms in total. The molecular weight excluding hydrogens is 552 g/mol. The highest BCUT2D eigenvalue weighted by Gasteiger charge is 2.52. The molecule has 0 bridgehead atoms. The average molecular weight is 571 g/mol. The van der Waals surface area contributed by atoms with Gasteiger partial charge >= 0.3 is 0 Å². The fourth-order valence-electron chi connectivity index (χ4n) is 4.11. The van der Waals surface area contributed by atoms with E-state index >= 15 is 0 Å². The Morgan fingerprint density at radius 2 is 1.71 bits per heavy atom. The number of hydrogen-bond acceptors (Lipinski definition) is 4. The van der Waals surface area contributed by atoms with E-state index in [0.29, 0.717) is 40.6 Å². The lowest BCUT2D eigenvalue weighted by Gasteiger charge is -2.29. The number of imide groups is 1. The van der Waals surface area contributed by atoms with E-state index in [1.54, 1.807) is 42.5 Å². The number of rotatable bonds is 4. The van der Waals surface area contributed by atoms with E-state index in [4.69, 9.17) is 16.3 Å². The lowest BCUT2D eigenvalue weighted by Crippen LogP contribution is -2.34. The number of methoxy groups -OCH3 is 1. The van der Waals surface area contributed by atoms with Crippen LogP contribution in [0.25, 0.3) is 0 Å². The van der Waals surface area contributed by atoms with Gasteiger partial charge in [-0.05, 0) is 49.2 Å². The van der Waals surface area contributed by atoms with Gasteiger partial charge in [-0.15, -0.1) is 0 Å². The Kier molecular flexibility index (Phi) is 6.42. The van der Waals surface area contributed by atoms with Gasteiger partial charge in [0.25, 0.3) is 5.91 Å². The maximum Gasteiger partial charge on any atom is 0.255 e. The van der Waals surface area contributed by atoms with Crippen molar-refractivity contribution in [2.75, 3.05) is 17.3 Å². The molecular formula is C22H19Br2ClN2O4. The minimum Gasteiger partial charge on any atom is -0.495 e. The largest absolute Gasteiger partial charge is 0.495 e. The van der Waals surface area contributed by atoms with Gasteiger partial charge in [0, 0.05) is 20.2 Å². The van der Waals surface area contributed by atoms with Crippen molar-refractivity contribution in [2.24, 2.45) is 11.8 Å². The van der Waals surface area contributed by atoms with Crippen LogP contribution in [0.15, 0.2) is 42.5 Å². The fourth-order valence-corrected chi connectivity index (χ4v) is 5.52. The van der Waals surface area contributed by atoms with Crippen LogP contribution >= 0.6 is 43.5 Å². The zero-order valence-corrected chi connectivity index (χ0v) is 20.4. The van der Waals surface area contributed by atoms with Crippen molar-refractivity contribution in [1.82, 2.24) is 0 Å². The first-order valence-corrected chi connectivity index (χ1v) is 11.9. The number of halogens is 3. The Balaban J connectivity index is 1.59. The lowest BCUT2D eigenvalue weighted by molar-refractivity contribution is -0.122. The number of nitrogens with one attached hydrogen (secondary N) is 1. The lowest BCUT2D eigenvalue weighted by atomic mass is 9.81. The smallest absolute Gasteiger partial charge is 0.255 e. The predicted octanol–water partition coefficient (Wildman–Crippen LogP) is 5.03. The first-order valence-electron chi connectivity index (χ1n) is 9.71. The normalized spacial score (nSPS) is 25.4. The molecule has 9 heteroatoms. The first kappa shape index (κ1) is 22.3. The Labute approximate surface area is 201 Å². The SMILES string of the molecule is COc1ccc(Cl)cc1NC(=O)c1cccc(N2C(=O)[C@@H]3C[C@@H](Br)[C@@H](Br)C[C@H]3C2=O)c1. The number of carbonyl (C=O) groups excluding carboxylic acids is 3. The summed E-state index contributed by atoms with van der Waals surface area (Å²) in [7, 11) is 1.50. The summed E-state index contributed by atoms with van der Waals surface area (Å²) in [5.41, 5.74) is 1.13. The number of anilines is 2. The van der Waals surface area contributed by atoms with Crippen LogP contribution < -0.4 is 15.0 Å². The van der Waals surface area contributed by atoms with E-state index in [1.165, 1.54) is 12.0 Å². The highest BCUT2D eigenvalue weighted by molar-refractivity contribution is 9.12. The molecule has 0 unspecified atom stereocenters. The summed E-state index contributed by atoms with van der Waals surface area (Å²) in [6.45, 7) is 0. The van der Waals surface area contributed by atoms with Gasteiger partial charge < -0.3 is 10.1 Å². The Morgan fingerprint density at radius 1 is 1.06 bits per heavy atom. The average Bonchev–Trinajstić information content (AvgIpc) is 2.98. The zero-order chi connectivity index (χ0) is 22.3. The summed E-state index contributed by atoms with van der Waals surface area (Å²) in [6, 6.07) is 11.4. The van der Waals surface area contributed by atoms with Crippen LogP contribution in [0, 0.1) is 11.8 Å². The number of benzene rings is 2. The van der Waals surface area contributed by atoms with Crippen molar-refractivity contribution in [3.63, 3.8) is 0 Å². The van der Waals surface area contributed by atoms with E-state index in [9.17, 15) is 14.4 Å². The molecule has 2 aromatic rings. The Morgan fingerprint density at radius 3 is 2.32 bits per heavy atom. The van der Waals surface area contributed by atoms with Crippen molar-refractivity contribution in [1.29, 1.82) is 0 Å². The second-order valence-corrected chi connectivity index (χ2v) is 10.4. The molecule has 2 aliphatic rings. The number of hydrogen-bond donors (Lipinski definition) is 1. The van der Waals surface area contributed by atoms with E-state index in [-0.39, 0.29) is 33.3 Å². The van der Waals surface area contributed by atoms with Crippen LogP contribution in [0.5, 0.6) is 5.75 Å². The molecule has 1 N–H and O–H groups in total. The minimum absolute atomic E-state index is 0.134. The van der Waals surface area contributed by atoms with Gasteiger partial charge in [0.2, 0.25) is 11.8 Å². The molecule has 0 aromatic heterocycles. The molecule has 31 heavy (non-hydrogen) atoms. The van der Waals surface area contributed by atoms with E-state index in [1.807, 2.05) is 0 Å². The van der Waals surface area contributed by atoms with Gasteiger partial charge in [0.15, 0.2) is 0 Å². The van der Waals surface area contributed by atoms with Crippen LogP contribution in [0.4, 0.5) is 11.4 Å². The van der Waals surface area contributed by atoms with Crippen molar-refractivity contribution < 1.29 is 19.1 Å². The molecule has 2 aromatic carbocycles. The number of amides is 3. The Hall–Kier alpha value is -1.90. The maximum atomic E-state index is 13.0. The molecule has 2 fully saturated rings. The van der Waals surface area contributed by atoms with Crippen molar-refractivity contribution in [2.45, 2.75) is 22.5 Å². The van der Waals surface area contributed by atoms with Crippen LogP contribution in [0.3, 0.4) is 0 Å². The summed E-state index contributed by atoms with van der Waals surface area (Å²) >= 11 is 13.2. The van der Waals surface area contributed by atoms with Gasteiger partial charge in [-0.1, -0.05) is 49.5 Å². The highest BCUT2D eigenvalue weighted by Crippen LogP contribution is 2.44. The van der Waals surface area contributed by atoms with E-state index < -0.39 is 5.91 Å². The van der Waals surface area contributed by atoms with Crippen LogP contribution in [0.1, 0.15) is 23.2 Å². The number of alkyl halides is 2. The fraction of sp³-hybridized carbons (Fsp3) is 0.318. The van der Waals surface area contributed by atoms with Gasteiger partial charge in [-0.2, -0.15) is 0 Å². The second kappa shape index (κ2) is 8.92. The number of ether oxygens (including phenoxy) is 1. The number of nitrogens with zero attached hydrogens (tertiary/aromatic N) is 1. The predicted molar refractivity (Wildman–Crippen MR) is 127 cm³/mol. The third-order valence-corrected chi connectivity index (χ3v) is 8.66. The molecule has 0 radical (unpaired) electrons. The Bertz CT molecular complexity index is 1040. The summed E-state index contributed by atoms with van der Waals surface area (Å²) in [4.78, 5) is 40.4. The molecule has 1 heterocycles. The third kappa shape index (κ3) is 4.25. The monoisotopic (exact) mass is 568 g/mol. The maximum absolute atomic E-state index is 13.0. The molecule has 1 aliphatic heterocycles. The molecule has 3 amide bonds. The van der Waals surface area contributed by atoms with Gasteiger partial charge in [0.1, 0.15) is 5.75 Å².